The third kappa shape index (κ3) is 2.91. The van der Waals surface area contributed by atoms with Crippen LogP contribution in [0.1, 0.15) is 66.2 Å². The van der Waals surface area contributed by atoms with Crippen LogP contribution in [0.3, 0.4) is 0 Å². The van der Waals surface area contributed by atoms with Gasteiger partial charge in [0, 0.05) is 10.8 Å². The van der Waals surface area contributed by atoms with Crippen molar-refractivity contribution in [3.05, 3.63) is 16.0 Å². The highest BCUT2D eigenvalue weighted by atomic mass is 32.1. The van der Waals surface area contributed by atoms with Crippen LogP contribution in [0, 0.1) is 11.8 Å². The van der Waals surface area contributed by atoms with E-state index in [9.17, 15) is 9.59 Å². The zero-order valence-corrected chi connectivity index (χ0v) is 13.4. The van der Waals surface area contributed by atoms with Crippen LogP contribution in [-0.2, 0) is 17.6 Å². The molecule has 0 bridgehead atoms. The molecule has 2 unspecified atom stereocenters. The number of rotatable bonds is 3. The third-order valence-electron chi connectivity index (χ3n) is 5.02. The van der Waals surface area contributed by atoms with E-state index in [0.29, 0.717) is 5.92 Å². The van der Waals surface area contributed by atoms with Crippen LogP contribution < -0.4 is 5.32 Å². The molecule has 2 aliphatic carbocycles. The van der Waals surface area contributed by atoms with E-state index >= 15 is 0 Å². The monoisotopic (exact) mass is 305 g/mol. The molecule has 0 aromatic carbocycles. The minimum absolute atomic E-state index is 0.109. The van der Waals surface area contributed by atoms with Crippen molar-refractivity contribution in [1.82, 2.24) is 0 Å². The Kier molecular flexibility index (Phi) is 4.43. The van der Waals surface area contributed by atoms with Gasteiger partial charge in [0.25, 0.3) is 0 Å². The molecular formula is C17H23NO2S. The number of nitrogens with one attached hydrogen (secondary N) is 1. The largest absolute Gasteiger partial charge is 0.317 e. The molecule has 2 atom stereocenters. The lowest BCUT2D eigenvalue weighted by atomic mass is 9.80. The molecule has 1 N–H and O–H groups in total. The Bertz CT molecular complexity index is 549. The number of thiophene rings is 1. The lowest BCUT2D eigenvalue weighted by Crippen LogP contribution is -2.30. The Hall–Kier alpha value is -1.16. The van der Waals surface area contributed by atoms with Crippen LogP contribution in [0.25, 0.3) is 0 Å². The smallest absolute Gasteiger partial charge is 0.228 e. The van der Waals surface area contributed by atoms with Crippen LogP contribution in [-0.4, -0.2) is 12.2 Å². The van der Waals surface area contributed by atoms with Gasteiger partial charge in [-0.15, -0.1) is 11.3 Å². The number of carbonyl (C=O) groups is 2. The van der Waals surface area contributed by atoms with Gasteiger partial charge in [-0.2, -0.15) is 0 Å². The zero-order valence-electron chi connectivity index (χ0n) is 12.6. The molecular weight excluding hydrogens is 282 g/mol. The maximum Gasteiger partial charge on any atom is 0.228 e. The summed E-state index contributed by atoms with van der Waals surface area (Å²) in [5, 5.41) is 3.86. The standard InChI is InChI=1S/C17H23NO2S/c1-11-6-2-3-7-12(11)16(20)18-17-14(10-19)13-8-4-5-9-15(13)21-17/h10-12H,2-9H2,1H3,(H,18,20). The van der Waals surface area contributed by atoms with Gasteiger partial charge in [-0.1, -0.05) is 19.8 Å². The predicted octanol–water partition coefficient (Wildman–Crippen LogP) is 4.20. The maximum absolute atomic E-state index is 12.5. The van der Waals surface area contributed by atoms with E-state index in [1.165, 1.54) is 23.3 Å². The second-order valence-corrected chi connectivity index (χ2v) is 7.53. The molecule has 2 aliphatic rings. The average Bonchev–Trinajstić information content (AvgIpc) is 2.84. The fourth-order valence-electron chi connectivity index (χ4n) is 3.72. The number of amides is 1. The lowest BCUT2D eigenvalue weighted by Gasteiger charge is -2.27. The van der Waals surface area contributed by atoms with Gasteiger partial charge >= 0.3 is 0 Å². The summed E-state index contributed by atoms with van der Waals surface area (Å²) in [5.41, 5.74) is 1.93. The van der Waals surface area contributed by atoms with Gasteiger partial charge in [0.15, 0.2) is 6.29 Å². The van der Waals surface area contributed by atoms with Crippen LogP contribution in [0.5, 0.6) is 0 Å². The van der Waals surface area contributed by atoms with Crippen molar-refractivity contribution in [2.24, 2.45) is 11.8 Å². The molecule has 0 spiro atoms. The number of hydrogen-bond donors (Lipinski definition) is 1. The van der Waals surface area contributed by atoms with Crippen molar-refractivity contribution >= 4 is 28.5 Å². The number of aldehydes is 1. The number of carbonyl (C=O) groups excluding carboxylic acids is 2. The summed E-state index contributed by atoms with van der Waals surface area (Å²) in [4.78, 5) is 25.3. The fourth-order valence-corrected chi connectivity index (χ4v) is 4.98. The zero-order chi connectivity index (χ0) is 14.8. The van der Waals surface area contributed by atoms with Crippen LogP contribution in [0.4, 0.5) is 5.00 Å². The summed E-state index contributed by atoms with van der Waals surface area (Å²) >= 11 is 1.62. The summed E-state index contributed by atoms with van der Waals surface area (Å²) in [5.74, 6) is 0.675. The Morgan fingerprint density at radius 1 is 1.19 bits per heavy atom. The summed E-state index contributed by atoms with van der Waals surface area (Å²) in [7, 11) is 0. The number of fused-ring (bicyclic) bond motifs is 1. The average molecular weight is 305 g/mol. The molecule has 1 aromatic rings. The van der Waals surface area contributed by atoms with Crippen molar-refractivity contribution in [2.75, 3.05) is 5.32 Å². The molecule has 1 aromatic heterocycles. The summed E-state index contributed by atoms with van der Waals surface area (Å²) in [6.45, 7) is 2.17. The first-order valence-electron chi connectivity index (χ1n) is 8.11. The normalized spacial score (nSPS) is 25.2. The number of anilines is 1. The Labute approximate surface area is 130 Å². The SMILES string of the molecule is CC1CCCCC1C(=O)Nc1sc2c(c1C=O)CCCC2. The maximum atomic E-state index is 12.5. The predicted molar refractivity (Wildman–Crippen MR) is 86.1 cm³/mol. The van der Waals surface area contributed by atoms with E-state index in [1.54, 1.807) is 11.3 Å². The first kappa shape index (κ1) is 14.8. The lowest BCUT2D eigenvalue weighted by molar-refractivity contribution is -0.122. The molecule has 3 nitrogen and oxygen atoms in total. The highest BCUT2D eigenvalue weighted by molar-refractivity contribution is 7.16. The van der Waals surface area contributed by atoms with Crippen molar-refractivity contribution in [3.8, 4) is 0 Å². The molecule has 3 rings (SSSR count). The first-order chi connectivity index (χ1) is 10.2. The van der Waals surface area contributed by atoms with Gasteiger partial charge in [-0.05, 0) is 50.0 Å². The van der Waals surface area contributed by atoms with Gasteiger partial charge in [0.2, 0.25) is 5.91 Å². The third-order valence-corrected chi connectivity index (χ3v) is 6.24. The number of aryl methyl sites for hydroxylation is 1. The summed E-state index contributed by atoms with van der Waals surface area (Å²) in [6, 6.07) is 0. The van der Waals surface area contributed by atoms with Crippen LogP contribution in [0.2, 0.25) is 0 Å². The molecule has 21 heavy (non-hydrogen) atoms. The van der Waals surface area contributed by atoms with Gasteiger partial charge in [-0.25, -0.2) is 0 Å². The quantitative estimate of drug-likeness (QED) is 0.851. The van der Waals surface area contributed by atoms with Crippen LogP contribution >= 0.6 is 11.3 Å². The second kappa shape index (κ2) is 6.30. The molecule has 114 valence electrons. The number of hydrogen-bond acceptors (Lipinski definition) is 3. The minimum atomic E-state index is 0.109. The minimum Gasteiger partial charge on any atom is -0.317 e. The van der Waals surface area contributed by atoms with E-state index in [4.69, 9.17) is 0 Å². The van der Waals surface area contributed by atoms with Crippen molar-refractivity contribution < 1.29 is 9.59 Å². The topological polar surface area (TPSA) is 46.2 Å². The molecule has 0 aliphatic heterocycles. The highest BCUT2D eigenvalue weighted by Crippen LogP contribution is 2.38. The Morgan fingerprint density at radius 2 is 1.95 bits per heavy atom. The molecule has 1 fully saturated rings. The van der Waals surface area contributed by atoms with Crippen molar-refractivity contribution in [1.29, 1.82) is 0 Å². The molecule has 4 heteroatoms. The summed E-state index contributed by atoms with van der Waals surface area (Å²) < 4.78 is 0. The molecule has 1 saturated carbocycles. The first-order valence-corrected chi connectivity index (χ1v) is 8.93. The van der Waals surface area contributed by atoms with Gasteiger partial charge in [-0.3, -0.25) is 9.59 Å². The molecule has 1 heterocycles. The van der Waals surface area contributed by atoms with Crippen molar-refractivity contribution in [2.45, 2.75) is 58.3 Å². The van der Waals surface area contributed by atoms with E-state index in [0.717, 1.165) is 55.4 Å². The molecule has 1 amide bonds. The Balaban J connectivity index is 1.79. The van der Waals surface area contributed by atoms with Crippen LogP contribution in [0.15, 0.2) is 0 Å². The summed E-state index contributed by atoms with van der Waals surface area (Å²) in [6.07, 6.45) is 9.80. The highest BCUT2D eigenvalue weighted by Gasteiger charge is 2.29. The second-order valence-electron chi connectivity index (χ2n) is 6.43. The van der Waals surface area contributed by atoms with E-state index in [1.807, 2.05) is 0 Å². The molecule has 0 radical (unpaired) electrons. The Morgan fingerprint density at radius 3 is 2.71 bits per heavy atom. The van der Waals surface area contributed by atoms with Gasteiger partial charge in [0.05, 0.1) is 5.56 Å². The van der Waals surface area contributed by atoms with E-state index in [-0.39, 0.29) is 11.8 Å². The van der Waals surface area contributed by atoms with Gasteiger partial charge < -0.3 is 5.32 Å². The van der Waals surface area contributed by atoms with E-state index < -0.39 is 0 Å². The van der Waals surface area contributed by atoms with Gasteiger partial charge in [0.1, 0.15) is 5.00 Å². The van der Waals surface area contributed by atoms with E-state index in [2.05, 4.69) is 12.2 Å². The van der Waals surface area contributed by atoms with Crippen molar-refractivity contribution in [3.63, 3.8) is 0 Å². The fraction of sp³-hybridized carbons (Fsp3) is 0.647. The molecule has 0 saturated heterocycles.